The summed E-state index contributed by atoms with van der Waals surface area (Å²) in [4.78, 5) is 37.7. The number of amides is 2. The molecule has 0 bridgehead atoms. The number of allylic oxidation sites excluding steroid dienone is 3. The zero-order valence-corrected chi connectivity index (χ0v) is 8.30. The molecule has 15 heavy (non-hydrogen) atoms. The Balaban J connectivity index is 2.51. The van der Waals surface area contributed by atoms with E-state index in [-0.39, 0.29) is 12.8 Å². The molecule has 5 nitrogen and oxygen atoms in total. The lowest BCUT2D eigenvalue weighted by Crippen LogP contribution is -2.31. The van der Waals surface area contributed by atoms with Crippen molar-refractivity contribution in [1.29, 1.82) is 0 Å². The maximum Gasteiger partial charge on any atom is 0.356 e. The minimum Gasteiger partial charge on any atom is -0.326 e. The second-order valence-corrected chi connectivity index (χ2v) is 2.88. The zero-order valence-electron chi connectivity index (χ0n) is 8.30. The third kappa shape index (κ3) is 3.05. The van der Waals surface area contributed by atoms with Crippen molar-refractivity contribution in [3.63, 3.8) is 0 Å². The van der Waals surface area contributed by atoms with Crippen LogP contribution in [0.3, 0.4) is 0 Å². The predicted molar refractivity (Wildman–Crippen MR) is 51.1 cm³/mol. The molecule has 0 aromatic rings. The Bertz CT molecular complexity index is 327. The van der Waals surface area contributed by atoms with Crippen molar-refractivity contribution < 1.29 is 19.2 Å². The van der Waals surface area contributed by atoms with Crippen molar-refractivity contribution >= 4 is 17.8 Å². The van der Waals surface area contributed by atoms with Gasteiger partial charge >= 0.3 is 5.97 Å². The zero-order chi connectivity index (χ0) is 11.3. The highest BCUT2D eigenvalue weighted by atomic mass is 16.7. The molecule has 0 aliphatic carbocycles. The fourth-order valence-electron chi connectivity index (χ4n) is 1.02. The second kappa shape index (κ2) is 5.09. The molecule has 0 N–H and O–H groups in total. The Morgan fingerprint density at radius 2 is 1.87 bits per heavy atom. The van der Waals surface area contributed by atoms with Crippen molar-refractivity contribution in [2.75, 3.05) is 0 Å². The van der Waals surface area contributed by atoms with E-state index in [1.54, 1.807) is 19.1 Å². The third-order valence-electron chi connectivity index (χ3n) is 1.72. The lowest BCUT2D eigenvalue weighted by atomic mass is 10.4. The SMILES string of the molecule is CC=CC=CC(=O)ON1C(=O)CCC1=O. The minimum absolute atomic E-state index is 0.102. The van der Waals surface area contributed by atoms with E-state index in [1.165, 1.54) is 6.08 Å². The molecule has 1 aliphatic rings. The molecule has 1 aliphatic heterocycles. The number of hydroxylamine groups is 2. The first-order valence-corrected chi connectivity index (χ1v) is 4.52. The summed E-state index contributed by atoms with van der Waals surface area (Å²) < 4.78 is 0. The van der Waals surface area contributed by atoms with E-state index in [9.17, 15) is 14.4 Å². The quantitative estimate of drug-likeness (QED) is 0.390. The van der Waals surface area contributed by atoms with E-state index in [0.29, 0.717) is 5.06 Å². The van der Waals surface area contributed by atoms with Crippen LogP contribution in [0.15, 0.2) is 24.3 Å². The molecule has 1 fully saturated rings. The molecule has 0 radical (unpaired) electrons. The van der Waals surface area contributed by atoms with Gasteiger partial charge in [0.1, 0.15) is 0 Å². The summed E-state index contributed by atoms with van der Waals surface area (Å²) in [5.74, 6) is -1.70. The molecule has 0 aromatic heterocycles. The van der Waals surface area contributed by atoms with E-state index in [4.69, 9.17) is 0 Å². The summed E-state index contributed by atoms with van der Waals surface area (Å²) in [6.45, 7) is 1.79. The number of rotatable bonds is 3. The first-order chi connectivity index (χ1) is 7.15. The topological polar surface area (TPSA) is 63.7 Å². The first-order valence-electron chi connectivity index (χ1n) is 4.52. The highest BCUT2D eigenvalue weighted by Crippen LogP contribution is 2.11. The van der Waals surface area contributed by atoms with E-state index in [1.807, 2.05) is 0 Å². The van der Waals surface area contributed by atoms with Crippen molar-refractivity contribution in [2.24, 2.45) is 0 Å². The summed E-state index contributed by atoms with van der Waals surface area (Å²) in [6, 6.07) is 0. The van der Waals surface area contributed by atoms with Gasteiger partial charge < -0.3 is 4.84 Å². The molecular formula is C10H11NO4. The second-order valence-electron chi connectivity index (χ2n) is 2.88. The lowest BCUT2D eigenvalue weighted by Gasteiger charge is -2.10. The summed E-state index contributed by atoms with van der Waals surface area (Å²) in [7, 11) is 0. The Hall–Kier alpha value is -1.91. The number of nitrogens with zero attached hydrogens (tertiary/aromatic N) is 1. The Kier molecular flexibility index (Phi) is 3.79. The van der Waals surface area contributed by atoms with Crippen LogP contribution in [-0.4, -0.2) is 22.8 Å². The average Bonchev–Trinajstić information content (AvgIpc) is 2.50. The standard InChI is InChI=1S/C10H11NO4/c1-2-3-4-5-10(14)15-11-8(12)6-7-9(11)13/h2-5H,6-7H2,1H3. The predicted octanol–water partition coefficient (Wildman–Crippen LogP) is 0.726. The van der Waals surface area contributed by atoms with Gasteiger partial charge in [-0.2, -0.15) is 0 Å². The van der Waals surface area contributed by atoms with Crippen LogP contribution < -0.4 is 0 Å². The average molecular weight is 209 g/mol. The summed E-state index contributed by atoms with van der Waals surface area (Å²) in [5.41, 5.74) is 0. The van der Waals surface area contributed by atoms with E-state index in [0.717, 1.165) is 6.08 Å². The van der Waals surface area contributed by atoms with Gasteiger partial charge in [-0.15, -0.1) is 5.06 Å². The summed E-state index contributed by atoms with van der Waals surface area (Å²) in [6.07, 6.45) is 6.17. The molecule has 1 heterocycles. The van der Waals surface area contributed by atoms with Crippen LogP contribution in [0.25, 0.3) is 0 Å². The highest BCUT2D eigenvalue weighted by molar-refractivity contribution is 6.02. The fourth-order valence-corrected chi connectivity index (χ4v) is 1.02. The van der Waals surface area contributed by atoms with Gasteiger partial charge in [0.2, 0.25) is 0 Å². The van der Waals surface area contributed by atoms with Crippen LogP contribution in [0.5, 0.6) is 0 Å². The van der Waals surface area contributed by atoms with E-state index in [2.05, 4.69) is 4.84 Å². The molecule has 0 aromatic carbocycles. The van der Waals surface area contributed by atoms with Crippen LogP contribution in [-0.2, 0) is 19.2 Å². The van der Waals surface area contributed by atoms with Gasteiger partial charge in [-0.1, -0.05) is 18.2 Å². The van der Waals surface area contributed by atoms with Crippen molar-refractivity contribution in [1.82, 2.24) is 5.06 Å². The van der Waals surface area contributed by atoms with Crippen LogP contribution >= 0.6 is 0 Å². The molecule has 1 rings (SSSR count). The van der Waals surface area contributed by atoms with Crippen LogP contribution in [0.1, 0.15) is 19.8 Å². The van der Waals surface area contributed by atoms with Gasteiger partial charge in [-0.05, 0) is 6.92 Å². The van der Waals surface area contributed by atoms with Gasteiger partial charge in [0.25, 0.3) is 11.8 Å². The van der Waals surface area contributed by atoms with Crippen molar-refractivity contribution in [3.05, 3.63) is 24.3 Å². The smallest absolute Gasteiger partial charge is 0.326 e. The van der Waals surface area contributed by atoms with Gasteiger partial charge in [-0.3, -0.25) is 9.59 Å². The maximum atomic E-state index is 11.1. The Labute approximate surface area is 87.0 Å². The number of hydrogen-bond donors (Lipinski definition) is 0. The molecule has 0 spiro atoms. The van der Waals surface area contributed by atoms with Gasteiger partial charge in [0.05, 0.1) is 0 Å². The molecule has 5 heteroatoms. The molecule has 0 saturated carbocycles. The number of carbonyl (C=O) groups is 3. The molecular weight excluding hydrogens is 198 g/mol. The first kappa shape index (κ1) is 11.2. The van der Waals surface area contributed by atoms with E-state index >= 15 is 0 Å². The Morgan fingerprint density at radius 1 is 1.27 bits per heavy atom. The third-order valence-corrected chi connectivity index (χ3v) is 1.72. The van der Waals surface area contributed by atoms with Crippen molar-refractivity contribution in [3.8, 4) is 0 Å². The van der Waals surface area contributed by atoms with Crippen LogP contribution in [0.4, 0.5) is 0 Å². The van der Waals surface area contributed by atoms with Gasteiger partial charge in [0, 0.05) is 18.9 Å². The maximum absolute atomic E-state index is 11.1. The van der Waals surface area contributed by atoms with Gasteiger partial charge in [-0.25, -0.2) is 4.79 Å². The largest absolute Gasteiger partial charge is 0.356 e. The number of carbonyl (C=O) groups excluding carboxylic acids is 3. The van der Waals surface area contributed by atoms with Crippen LogP contribution in [0.2, 0.25) is 0 Å². The van der Waals surface area contributed by atoms with E-state index < -0.39 is 17.8 Å². The van der Waals surface area contributed by atoms with Gasteiger partial charge in [0.15, 0.2) is 0 Å². The normalized spacial score (nSPS) is 17.0. The molecule has 1 saturated heterocycles. The van der Waals surface area contributed by atoms with Crippen LogP contribution in [0, 0.1) is 0 Å². The van der Waals surface area contributed by atoms with Crippen molar-refractivity contribution in [2.45, 2.75) is 19.8 Å². The molecule has 0 atom stereocenters. The summed E-state index contributed by atoms with van der Waals surface area (Å²) in [5, 5.41) is 0.516. The lowest BCUT2D eigenvalue weighted by molar-refractivity contribution is -0.193. The fraction of sp³-hybridized carbons (Fsp3) is 0.300. The molecule has 0 unspecified atom stereocenters. The summed E-state index contributed by atoms with van der Waals surface area (Å²) >= 11 is 0. The highest BCUT2D eigenvalue weighted by Gasteiger charge is 2.32. The monoisotopic (exact) mass is 209 g/mol. The minimum atomic E-state index is -0.739. The molecule has 2 amide bonds. The molecule has 80 valence electrons. The Morgan fingerprint density at radius 3 is 2.40 bits per heavy atom. The number of imide groups is 1. The number of hydrogen-bond acceptors (Lipinski definition) is 4.